The Morgan fingerprint density at radius 3 is 2.80 bits per heavy atom. The first-order chi connectivity index (χ1) is 7.15. The van der Waals surface area contributed by atoms with Crippen LogP contribution in [0.25, 0.3) is 0 Å². The van der Waals surface area contributed by atoms with E-state index < -0.39 is 0 Å². The summed E-state index contributed by atoms with van der Waals surface area (Å²) in [7, 11) is 1.99. The summed E-state index contributed by atoms with van der Waals surface area (Å²) >= 11 is 0. The van der Waals surface area contributed by atoms with Crippen LogP contribution in [0.3, 0.4) is 0 Å². The molecule has 0 atom stereocenters. The molecule has 15 heavy (non-hydrogen) atoms. The van der Waals surface area contributed by atoms with Gasteiger partial charge in [0.1, 0.15) is 0 Å². The predicted molar refractivity (Wildman–Crippen MR) is 63.9 cm³/mol. The molecule has 3 heteroatoms. The van der Waals surface area contributed by atoms with Crippen LogP contribution in [0.1, 0.15) is 50.8 Å². The van der Waals surface area contributed by atoms with Gasteiger partial charge in [-0.2, -0.15) is 5.10 Å². The molecule has 1 aromatic rings. The Morgan fingerprint density at radius 1 is 1.47 bits per heavy atom. The zero-order valence-electron chi connectivity index (χ0n) is 10.4. The van der Waals surface area contributed by atoms with Crippen molar-refractivity contribution >= 4 is 0 Å². The normalized spacial score (nSPS) is 11.3. The molecule has 0 radical (unpaired) electrons. The van der Waals surface area contributed by atoms with Crippen molar-refractivity contribution in [2.45, 2.75) is 46.1 Å². The number of hydrogen-bond donors (Lipinski definition) is 1. The number of unbranched alkanes of at least 4 members (excludes halogenated alkanes) is 1. The van der Waals surface area contributed by atoms with E-state index in [1.165, 1.54) is 24.1 Å². The lowest BCUT2D eigenvalue weighted by Crippen LogP contribution is -2.15. The summed E-state index contributed by atoms with van der Waals surface area (Å²) in [5.74, 6) is 0.508. The third kappa shape index (κ3) is 3.67. The average Bonchev–Trinajstić information content (AvgIpc) is 2.55. The minimum Gasteiger partial charge on any atom is -0.313 e. The van der Waals surface area contributed by atoms with Crippen molar-refractivity contribution in [3.63, 3.8) is 0 Å². The molecule has 3 nitrogen and oxygen atoms in total. The van der Waals surface area contributed by atoms with Gasteiger partial charge in [0.05, 0.1) is 5.69 Å². The highest BCUT2D eigenvalue weighted by Crippen LogP contribution is 2.16. The molecule has 0 saturated heterocycles. The third-order valence-corrected chi connectivity index (χ3v) is 2.51. The summed E-state index contributed by atoms with van der Waals surface area (Å²) in [5.41, 5.74) is 2.56. The van der Waals surface area contributed by atoms with Gasteiger partial charge in [0.25, 0.3) is 0 Å². The molecule has 0 bridgehead atoms. The van der Waals surface area contributed by atoms with Crippen LogP contribution in [0.5, 0.6) is 0 Å². The number of nitrogens with zero attached hydrogens (tertiary/aromatic N) is 2. The summed E-state index contributed by atoms with van der Waals surface area (Å²) in [6, 6.07) is 0. The van der Waals surface area contributed by atoms with Gasteiger partial charge in [-0.15, -0.1) is 0 Å². The fraction of sp³-hybridized carbons (Fsp3) is 0.750. The lowest BCUT2D eigenvalue weighted by Gasteiger charge is -2.06. The maximum absolute atomic E-state index is 4.49. The number of aryl methyl sites for hydroxylation is 1. The van der Waals surface area contributed by atoms with Crippen molar-refractivity contribution in [3.05, 3.63) is 17.5 Å². The van der Waals surface area contributed by atoms with Crippen LogP contribution in [-0.4, -0.2) is 16.3 Å². The topological polar surface area (TPSA) is 29.9 Å². The molecule has 86 valence electrons. The molecule has 0 fully saturated rings. The molecule has 0 aliphatic rings. The molecular weight excluding hydrogens is 186 g/mol. The second-order valence-electron chi connectivity index (χ2n) is 4.40. The minimum atomic E-state index is 0.508. The Hall–Kier alpha value is -0.830. The first-order valence-electron chi connectivity index (χ1n) is 5.88. The van der Waals surface area contributed by atoms with E-state index in [-0.39, 0.29) is 0 Å². The molecule has 0 aromatic carbocycles. The highest BCUT2D eigenvalue weighted by molar-refractivity contribution is 5.19. The molecule has 0 aliphatic heterocycles. The standard InChI is InChI=1S/C12H23N3/c1-5-6-7-13-8-11-9-15(4)14-12(11)10(2)3/h9-10,13H,5-8H2,1-4H3. The zero-order valence-corrected chi connectivity index (χ0v) is 10.4. The first-order valence-corrected chi connectivity index (χ1v) is 5.88. The largest absolute Gasteiger partial charge is 0.313 e. The zero-order chi connectivity index (χ0) is 11.3. The monoisotopic (exact) mass is 209 g/mol. The second kappa shape index (κ2) is 5.91. The van der Waals surface area contributed by atoms with Crippen LogP contribution in [0, 0.1) is 0 Å². The van der Waals surface area contributed by atoms with E-state index in [2.05, 4.69) is 37.4 Å². The molecule has 1 heterocycles. The number of aromatic nitrogens is 2. The summed E-state index contributed by atoms with van der Waals surface area (Å²) in [6.45, 7) is 8.64. The Balaban J connectivity index is 2.52. The van der Waals surface area contributed by atoms with E-state index in [1.807, 2.05) is 11.7 Å². The molecule has 0 spiro atoms. The van der Waals surface area contributed by atoms with Crippen LogP contribution in [0.15, 0.2) is 6.20 Å². The van der Waals surface area contributed by atoms with Gasteiger partial charge in [0, 0.05) is 25.4 Å². The first kappa shape index (κ1) is 12.2. The molecule has 0 aliphatic carbocycles. The Kier molecular flexibility index (Phi) is 4.82. The summed E-state index contributed by atoms with van der Waals surface area (Å²) < 4.78 is 1.91. The molecular formula is C12H23N3. The Labute approximate surface area is 92.9 Å². The van der Waals surface area contributed by atoms with Crippen molar-refractivity contribution in [2.75, 3.05) is 6.54 Å². The van der Waals surface area contributed by atoms with Crippen LogP contribution >= 0.6 is 0 Å². The summed E-state index contributed by atoms with van der Waals surface area (Å²) in [6.07, 6.45) is 4.61. The smallest absolute Gasteiger partial charge is 0.0694 e. The van der Waals surface area contributed by atoms with Gasteiger partial charge >= 0.3 is 0 Å². The van der Waals surface area contributed by atoms with E-state index in [1.54, 1.807) is 0 Å². The molecule has 1 aromatic heterocycles. The van der Waals surface area contributed by atoms with Crippen molar-refractivity contribution in [3.8, 4) is 0 Å². The van der Waals surface area contributed by atoms with E-state index >= 15 is 0 Å². The lowest BCUT2D eigenvalue weighted by molar-refractivity contribution is 0.635. The average molecular weight is 209 g/mol. The van der Waals surface area contributed by atoms with Crippen molar-refractivity contribution in [2.24, 2.45) is 7.05 Å². The van der Waals surface area contributed by atoms with Crippen molar-refractivity contribution in [1.82, 2.24) is 15.1 Å². The molecule has 0 saturated carbocycles. The maximum atomic E-state index is 4.49. The number of rotatable bonds is 6. The number of hydrogen-bond acceptors (Lipinski definition) is 2. The van der Waals surface area contributed by atoms with Crippen LogP contribution in [-0.2, 0) is 13.6 Å². The van der Waals surface area contributed by atoms with Crippen LogP contribution < -0.4 is 5.32 Å². The maximum Gasteiger partial charge on any atom is 0.0694 e. The fourth-order valence-corrected chi connectivity index (χ4v) is 1.70. The third-order valence-electron chi connectivity index (χ3n) is 2.51. The van der Waals surface area contributed by atoms with Gasteiger partial charge in [-0.05, 0) is 18.9 Å². The van der Waals surface area contributed by atoms with E-state index in [4.69, 9.17) is 0 Å². The Morgan fingerprint density at radius 2 is 2.20 bits per heavy atom. The minimum absolute atomic E-state index is 0.508. The summed E-state index contributed by atoms with van der Waals surface area (Å²) in [5, 5.41) is 7.94. The fourth-order valence-electron chi connectivity index (χ4n) is 1.70. The van der Waals surface area contributed by atoms with Gasteiger partial charge in [-0.25, -0.2) is 0 Å². The Bertz CT molecular complexity index is 289. The predicted octanol–water partition coefficient (Wildman–Crippen LogP) is 2.43. The van der Waals surface area contributed by atoms with E-state index in [0.717, 1.165) is 13.1 Å². The molecule has 1 N–H and O–H groups in total. The SMILES string of the molecule is CCCCNCc1cn(C)nc1C(C)C. The van der Waals surface area contributed by atoms with Crippen molar-refractivity contribution < 1.29 is 0 Å². The number of nitrogens with one attached hydrogen (secondary N) is 1. The van der Waals surface area contributed by atoms with Gasteiger partial charge in [-0.1, -0.05) is 27.2 Å². The van der Waals surface area contributed by atoms with E-state index in [9.17, 15) is 0 Å². The van der Waals surface area contributed by atoms with Gasteiger partial charge in [-0.3, -0.25) is 4.68 Å². The van der Waals surface area contributed by atoms with E-state index in [0.29, 0.717) is 5.92 Å². The summed E-state index contributed by atoms with van der Waals surface area (Å²) in [4.78, 5) is 0. The molecule has 0 amide bonds. The van der Waals surface area contributed by atoms with Crippen molar-refractivity contribution in [1.29, 1.82) is 0 Å². The second-order valence-corrected chi connectivity index (χ2v) is 4.40. The molecule has 0 unspecified atom stereocenters. The van der Waals surface area contributed by atoms with Crippen LogP contribution in [0.2, 0.25) is 0 Å². The van der Waals surface area contributed by atoms with Crippen LogP contribution in [0.4, 0.5) is 0 Å². The quantitative estimate of drug-likeness (QED) is 0.729. The highest BCUT2D eigenvalue weighted by atomic mass is 15.3. The van der Waals surface area contributed by atoms with Gasteiger partial charge < -0.3 is 5.32 Å². The van der Waals surface area contributed by atoms with Gasteiger partial charge in [0.2, 0.25) is 0 Å². The highest BCUT2D eigenvalue weighted by Gasteiger charge is 2.10. The van der Waals surface area contributed by atoms with Gasteiger partial charge in [0.15, 0.2) is 0 Å². The molecule has 1 rings (SSSR count). The lowest BCUT2D eigenvalue weighted by atomic mass is 10.1.